The summed E-state index contributed by atoms with van der Waals surface area (Å²) < 4.78 is 0. The van der Waals surface area contributed by atoms with Gasteiger partial charge in [-0.15, -0.1) is 0 Å². The van der Waals surface area contributed by atoms with Gasteiger partial charge >= 0.3 is 0 Å². The molecule has 1 aliphatic carbocycles. The Bertz CT molecular complexity index is 185. The molecule has 0 heterocycles. The molecule has 0 aromatic heterocycles. The van der Waals surface area contributed by atoms with E-state index in [2.05, 4.69) is 26.1 Å². The Hall–Kier alpha value is -0.0800. The van der Waals surface area contributed by atoms with Crippen LogP contribution in [0, 0.1) is 17.8 Å². The number of hydrogen-bond donors (Lipinski definition) is 2. The van der Waals surface area contributed by atoms with E-state index < -0.39 is 0 Å². The summed E-state index contributed by atoms with van der Waals surface area (Å²) in [6.45, 7) is 8.33. The summed E-state index contributed by atoms with van der Waals surface area (Å²) in [7, 11) is 0. The lowest BCUT2D eigenvalue weighted by Crippen LogP contribution is -2.36. The van der Waals surface area contributed by atoms with Crippen molar-refractivity contribution < 1.29 is 5.11 Å². The second kappa shape index (κ2) is 8.10. The highest BCUT2D eigenvalue weighted by atomic mass is 16.3. The third kappa shape index (κ3) is 6.42. The van der Waals surface area contributed by atoms with Crippen molar-refractivity contribution in [3.63, 3.8) is 0 Å². The summed E-state index contributed by atoms with van der Waals surface area (Å²) >= 11 is 0. The average Bonchev–Trinajstić information content (AvgIpc) is 2.27. The molecule has 102 valence electrons. The van der Waals surface area contributed by atoms with Gasteiger partial charge in [-0.25, -0.2) is 0 Å². The molecule has 1 atom stereocenters. The first kappa shape index (κ1) is 15.0. The van der Waals surface area contributed by atoms with Crippen LogP contribution in [-0.2, 0) is 0 Å². The van der Waals surface area contributed by atoms with E-state index in [1.807, 2.05) is 0 Å². The van der Waals surface area contributed by atoms with E-state index in [1.54, 1.807) is 0 Å². The van der Waals surface area contributed by atoms with Gasteiger partial charge in [-0.05, 0) is 62.8 Å². The molecule has 0 bridgehead atoms. The van der Waals surface area contributed by atoms with Crippen LogP contribution in [-0.4, -0.2) is 24.3 Å². The lowest BCUT2D eigenvalue weighted by Gasteiger charge is -2.29. The summed E-state index contributed by atoms with van der Waals surface area (Å²) in [6, 6.07) is 0.736. The van der Waals surface area contributed by atoms with Crippen molar-refractivity contribution in [2.24, 2.45) is 17.8 Å². The van der Waals surface area contributed by atoms with Crippen LogP contribution >= 0.6 is 0 Å². The fraction of sp³-hybridized carbons (Fsp3) is 1.00. The Labute approximate surface area is 107 Å². The van der Waals surface area contributed by atoms with E-state index in [0.29, 0.717) is 12.5 Å². The van der Waals surface area contributed by atoms with Crippen molar-refractivity contribution in [2.75, 3.05) is 13.2 Å². The zero-order valence-corrected chi connectivity index (χ0v) is 11.9. The highest BCUT2D eigenvalue weighted by Gasteiger charge is 2.19. The lowest BCUT2D eigenvalue weighted by molar-refractivity contribution is 0.227. The van der Waals surface area contributed by atoms with E-state index >= 15 is 0 Å². The largest absolute Gasteiger partial charge is 0.396 e. The zero-order chi connectivity index (χ0) is 12.7. The topological polar surface area (TPSA) is 32.3 Å². The molecule has 0 saturated heterocycles. The van der Waals surface area contributed by atoms with Crippen molar-refractivity contribution in [2.45, 2.75) is 65.3 Å². The Morgan fingerprint density at radius 3 is 2.35 bits per heavy atom. The first-order valence-corrected chi connectivity index (χ1v) is 7.46. The second-order valence-electron chi connectivity index (χ2n) is 6.37. The van der Waals surface area contributed by atoms with Crippen LogP contribution in [0.25, 0.3) is 0 Å². The second-order valence-corrected chi connectivity index (χ2v) is 6.37. The SMILES string of the molecule is CC(C)CC(CCO)CNC1CCC(C)CC1. The molecular formula is C15H31NO. The highest BCUT2D eigenvalue weighted by molar-refractivity contribution is 4.76. The van der Waals surface area contributed by atoms with Crippen molar-refractivity contribution >= 4 is 0 Å². The van der Waals surface area contributed by atoms with Gasteiger partial charge in [0.25, 0.3) is 0 Å². The van der Waals surface area contributed by atoms with Gasteiger partial charge in [0, 0.05) is 12.6 Å². The van der Waals surface area contributed by atoms with E-state index in [0.717, 1.165) is 30.8 Å². The number of aliphatic hydroxyl groups is 1. The maximum atomic E-state index is 9.09. The normalized spacial score (nSPS) is 27.4. The minimum absolute atomic E-state index is 0.334. The number of hydrogen-bond acceptors (Lipinski definition) is 2. The molecular weight excluding hydrogens is 210 g/mol. The van der Waals surface area contributed by atoms with Gasteiger partial charge < -0.3 is 10.4 Å². The number of rotatable bonds is 7. The molecule has 0 spiro atoms. The van der Waals surface area contributed by atoms with Crippen LogP contribution in [0.3, 0.4) is 0 Å². The predicted molar refractivity (Wildman–Crippen MR) is 74.1 cm³/mol. The Morgan fingerprint density at radius 2 is 1.82 bits per heavy atom. The van der Waals surface area contributed by atoms with Crippen molar-refractivity contribution in [1.82, 2.24) is 5.32 Å². The summed E-state index contributed by atoms with van der Waals surface area (Å²) in [4.78, 5) is 0. The van der Waals surface area contributed by atoms with Crippen LogP contribution in [0.2, 0.25) is 0 Å². The summed E-state index contributed by atoms with van der Waals surface area (Å²) in [5.74, 6) is 2.32. The molecule has 1 aliphatic rings. The van der Waals surface area contributed by atoms with Crippen LogP contribution < -0.4 is 5.32 Å². The quantitative estimate of drug-likeness (QED) is 0.717. The fourth-order valence-corrected chi connectivity index (χ4v) is 2.95. The molecule has 1 rings (SSSR count). The monoisotopic (exact) mass is 241 g/mol. The highest BCUT2D eigenvalue weighted by Crippen LogP contribution is 2.24. The number of nitrogens with one attached hydrogen (secondary N) is 1. The van der Waals surface area contributed by atoms with Gasteiger partial charge in [0.1, 0.15) is 0 Å². The van der Waals surface area contributed by atoms with E-state index in [4.69, 9.17) is 5.11 Å². The molecule has 0 radical (unpaired) electrons. The molecule has 1 fully saturated rings. The van der Waals surface area contributed by atoms with Crippen LogP contribution in [0.15, 0.2) is 0 Å². The lowest BCUT2D eigenvalue weighted by atomic mass is 9.87. The molecule has 17 heavy (non-hydrogen) atoms. The summed E-state index contributed by atoms with van der Waals surface area (Å²) in [6.07, 6.45) is 7.63. The van der Waals surface area contributed by atoms with Gasteiger partial charge in [-0.1, -0.05) is 20.8 Å². The zero-order valence-electron chi connectivity index (χ0n) is 11.9. The van der Waals surface area contributed by atoms with E-state index in [9.17, 15) is 0 Å². The minimum atomic E-state index is 0.334. The van der Waals surface area contributed by atoms with Crippen LogP contribution in [0.4, 0.5) is 0 Å². The fourth-order valence-electron chi connectivity index (χ4n) is 2.95. The van der Waals surface area contributed by atoms with E-state index in [-0.39, 0.29) is 0 Å². The third-order valence-corrected chi connectivity index (χ3v) is 4.05. The minimum Gasteiger partial charge on any atom is -0.396 e. The van der Waals surface area contributed by atoms with Gasteiger partial charge in [0.2, 0.25) is 0 Å². The molecule has 1 saturated carbocycles. The summed E-state index contributed by atoms with van der Waals surface area (Å²) in [5.41, 5.74) is 0. The number of aliphatic hydroxyl groups excluding tert-OH is 1. The first-order chi connectivity index (χ1) is 8.11. The summed E-state index contributed by atoms with van der Waals surface area (Å²) in [5, 5.41) is 12.8. The molecule has 2 N–H and O–H groups in total. The maximum Gasteiger partial charge on any atom is 0.0434 e. The predicted octanol–water partition coefficient (Wildman–Crippen LogP) is 3.20. The molecule has 0 aromatic carbocycles. The Morgan fingerprint density at radius 1 is 1.18 bits per heavy atom. The molecule has 2 heteroatoms. The van der Waals surface area contributed by atoms with Gasteiger partial charge in [0.15, 0.2) is 0 Å². The van der Waals surface area contributed by atoms with Crippen molar-refractivity contribution in [3.8, 4) is 0 Å². The van der Waals surface area contributed by atoms with Gasteiger partial charge in [0.05, 0.1) is 0 Å². The smallest absolute Gasteiger partial charge is 0.0434 e. The maximum absolute atomic E-state index is 9.09. The average molecular weight is 241 g/mol. The van der Waals surface area contributed by atoms with Crippen LogP contribution in [0.5, 0.6) is 0 Å². The molecule has 1 unspecified atom stereocenters. The molecule has 0 amide bonds. The Kier molecular flexibility index (Phi) is 7.14. The van der Waals surface area contributed by atoms with Crippen LogP contribution in [0.1, 0.15) is 59.3 Å². The third-order valence-electron chi connectivity index (χ3n) is 4.05. The van der Waals surface area contributed by atoms with Crippen molar-refractivity contribution in [3.05, 3.63) is 0 Å². The first-order valence-electron chi connectivity index (χ1n) is 7.46. The molecule has 0 aromatic rings. The molecule has 2 nitrogen and oxygen atoms in total. The standard InChI is InChI=1S/C15H31NO/c1-12(2)10-14(8-9-17)11-16-15-6-4-13(3)5-7-15/h12-17H,4-11H2,1-3H3. The van der Waals surface area contributed by atoms with Crippen molar-refractivity contribution in [1.29, 1.82) is 0 Å². The van der Waals surface area contributed by atoms with Gasteiger partial charge in [-0.2, -0.15) is 0 Å². The Balaban J connectivity index is 2.21. The molecule has 0 aliphatic heterocycles. The van der Waals surface area contributed by atoms with Gasteiger partial charge in [-0.3, -0.25) is 0 Å². The van der Waals surface area contributed by atoms with E-state index in [1.165, 1.54) is 32.1 Å².